The van der Waals surface area contributed by atoms with Gasteiger partial charge in [-0.3, -0.25) is 4.31 Å². The molecule has 37 heavy (non-hydrogen) atoms. The van der Waals surface area contributed by atoms with Crippen molar-refractivity contribution in [1.82, 2.24) is 4.90 Å². The summed E-state index contributed by atoms with van der Waals surface area (Å²) in [5.41, 5.74) is 2.48. The molecule has 0 saturated heterocycles. The van der Waals surface area contributed by atoms with Crippen LogP contribution in [0.3, 0.4) is 0 Å². The number of nitrogens with zero attached hydrogens (tertiary/aromatic N) is 2. The molecule has 0 fully saturated rings. The molecule has 5 nitrogen and oxygen atoms in total. The smallest absolute Gasteiger partial charge is 0.406 e. The Balaban J connectivity index is 1.59. The van der Waals surface area contributed by atoms with Crippen molar-refractivity contribution in [2.75, 3.05) is 23.7 Å². The molecule has 0 aliphatic rings. The van der Waals surface area contributed by atoms with Crippen LogP contribution in [-0.4, -0.2) is 39.0 Å². The number of ether oxygens (including phenoxy) is 1. The number of sulfonamides is 1. The molecule has 0 aliphatic carbocycles. The van der Waals surface area contributed by atoms with Gasteiger partial charge in [-0.15, -0.1) is 24.5 Å². The number of anilines is 1. The van der Waals surface area contributed by atoms with Crippen molar-refractivity contribution in [3.8, 4) is 5.75 Å². The highest BCUT2D eigenvalue weighted by Crippen LogP contribution is 2.39. The molecule has 0 saturated carbocycles. The van der Waals surface area contributed by atoms with Gasteiger partial charge in [-0.25, -0.2) is 8.42 Å². The molecule has 0 amide bonds. The van der Waals surface area contributed by atoms with E-state index in [9.17, 15) is 21.6 Å². The summed E-state index contributed by atoms with van der Waals surface area (Å²) in [6.07, 6.45) is -4.79. The maximum Gasteiger partial charge on any atom is 0.573 e. The van der Waals surface area contributed by atoms with Gasteiger partial charge < -0.3 is 9.64 Å². The van der Waals surface area contributed by atoms with Gasteiger partial charge in [-0.1, -0.05) is 60.7 Å². The number of halogens is 3. The molecule has 1 aromatic heterocycles. The summed E-state index contributed by atoms with van der Waals surface area (Å²) in [5, 5.41) is 1.57. The number of rotatable bonds is 10. The molecule has 0 N–H and O–H groups in total. The standard InChI is InChI=1S/C27H27F3N2O3S2/c1-20-24-10-6-7-11-25(24)36-26(20)32(19-22-12-14-23(15-13-22)35-27(28,29)30)37(33,34)17-16-31(2)18-21-8-4-3-5-9-21/h3-15H,16-19H2,1-2H3. The number of benzene rings is 3. The van der Waals surface area contributed by atoms with Crippen LogP contribution < -0.4 is 9.04 Å². The fourth-order valence-electron chi connectivity index (χ4n) is 4.01. The van der Waals surface area contributed by atoms with Crippen molar-refractivity contribution in [3.63, 3.8) is 0 Å². The van der Waals surface area contributed by atoms with Crippen molar-refractivity contribution in [1.29, 1.82) is 0 Å². The largest absolute Gasteiger partial charge is 0.573 e. The SMILES string of the molecule is Cc1c(N(Cc2ccc(OC(F)(F)F)cc2)S(=O)(=O)CCN(C)Cc2ccccc2)sc2ccccc12. The summed E-state index contributed by atoms with van der Waals surface area (Å²) < 4.78 is 71.4. The van der Waals surface area contributed by atoms with Crippen LogP contribution in [0, 0.1) is 6.92 Å². The van der Waals surface area contributed by atoms with Crippen LogP contribution in [-0.2, 0) is 23.1 Å². The summed E-state index contributed by atoms with van der Waals surface area (Å²) in [7, 11) is -1.91. The Hall–Kier alpha value is -3.08. The van der Waals surface area contributed by atoms with E-state index in [0.29, 0.717) is 23.7 Å². The minimum atomic E-state index is -4.79. The van der Waals surface area contributed by atoms with E-state index < -0.39 is 16.4 Å². The number of fused-ring (bicyclic) bond motifs is 1. The van der Waals surface area contributed by atoms with E-state index >= 15 is 0 Å². The Morgan fingerprint density at radius 2 is 1.49 bits per heavy atom. The fourth-order valence-corrected chi connectivity index (χ4v) is 7.08. The van der Waals surface area contributed by atoms with Gasteiger partial charge in [0.25, 0.3) is 0 Å². The summed E-state index contributed by atoms with van der Waals surface area (Å²) >= 11 is 1.39. The molecule has 4 aromatic rings. The van der Waals surface area contributed by atoms with Crippen molar-refractivity contribution >= 4 is 36.4 Å². The third-order valence-corrected chi connectivity index (χ3v) is 8.98. The zero-order valence-electron chi connectivity index (χ0n) is 20.4. The quantitative estimate of drug-likeness (QED) is 0.225. The third kappa shape index (κ3) is 7.03. The Morgan fingerprint density at radius 1 is 0.865 bits per heavy atom. The summed E-state index contributed by atoms with van der Waals surface area (Å²) in [6.45, 7) is 2.80. The number of alkyl halides is 3. The lowest BCUT2D eigenvalue weighted by molar-refractivity contribution is -0.274. The summed E-state index contributed by atoms with van der Waals surface area (Å²) in [4.78, 5) is 1.95. The van der Waals surface area contributed by atoms with E-state index in [2.05, 4.69) is 4.74 Å². The highest BCUT2D eigenvalue weighted by atomic mass is 32.2. The molecule has 0 bridgehead atoms. The highest BCUT2D eigenvalue weighted by molar-refractivity contribution is 7.93. The van der Waals surface area contributed by atoms with Gasteiger partial charge in [0.05, 0.1) is 12.3 Å². The molecule has 0 atom stereocenters. The number of thiophene rings is 1. The first-order chi connectivity index (χ1) is 17.5. The van der Waals surface area contributed by atoms with Gasteiger partial charge in [0.1, 0.15) is 10.8 Å². The van der Waals surface area contributed by atoms with Crippen molar-refractivity contribution in [2.24, 2.45) is 0 Å². The van der Waals surface area contributed by atoms with Gasteiger partial charge in [-0.2, -0.15) is 0 Å². The monoisotopic (exact) mass is 548 g/mol. The molecule has 1 heterocycles. The lowest BCUT2D eigenvalue weighted by atomic mass is 10.2. The van der Waals surface area contributed by atoms with Gasteiger partial charge in [0.2, 0.25) is 10.0 Å². The molecule has 3 aromatic carbocycles. The zero-order chi connectivity index (χ0) is 26.6. The summed E-state index contributed by atoms with van der Waals surface area (Å²) in [6, 6.07) is 22.8. The molecular weight excluding hydrogens is 521 g/mol. The molecule has 10 heteroatoms. The van der Waals surface area contributed by atoms with Gasteiger partial charge >= 0.3 is 6.36 Å². The molecule has 0 spiro atoms. The fraction of sp³-hybridized carbons (Fsp3) is 0.259. The maximum absolute atomic E-state index is 13.7. The molecular formula is C27H27F3N2O3S2. The number of hydrogen-bond donors (Lipinski definition) is 0. The highest BCUT2D eigenvalue weighted by Gasteiger charge is 2.31. The first kappa shape index (κ1) is 27.0. The zero-order valence-corrected chi connectivity index (χ0v) is 22.0. The van der Waals surface area contributed by atoms with Gasteiger partial charge in [0, 0.05) is 17.8 Å². The molecule has 4 rings (SSSR count). The second-order valence-corrected chi connectivity index (χ2v) is 11.8. The van der Waals surface area contributed by atoms with E-state index in [-0.39, 0.29) is 18.0 Å². The Bertz CT molecular complexity index is 1440. The Labute approximate surface area is 218 Å². The Kier molecular flexibility index (Phi) is 8.11. The topological polar surface area (TPSA) is 49.9 Å². The molecule has 0 radical (unpaired) electrons. The van der Waals surface area contributed by atoms with Crippen molar-refractivity contribution < 1.29 is 26.3 Å². The van der Waals surface area contributed by atoms with Crippen LogP contribution in [0.15, 0.2) is 78.9 Å². The second kappa shape index (κ2) is 11.1. The lowest BCUT2D eigenvalue weighted by Gasteiger charge is -2.26. The molecule has 0 aliphatic heterocycles. The van der Waals surface area contributed by atoms with Gasteiger partial charge in [0.15, 0.2) is 0 Å². The van der Waals surface area contributed by atoms with Crippen LogP contribution in [0.1, 0.15) is 16.7 Å². The predicted octanol–water partition coefficient (Wildman–Crippen LogP) is 6.58. The predicted molar refractivity (Wildman–Crippen MR) is 142 cm³/mol. The second-order valence-electron chi connectivity index (χ2n) is 8.77. The van der Waals surface area contributed by atoms with Crippen molar-refractivity contribution in [3.05, 3.63) is 95.6 Å². The molecule has 196 valence electrons. The Morgan fingerprint density at radius 3 is 2.14 bits per heavy atom. The van der Waals surface area contributed by atoms with Crippen LogP contribution in [0.25, 0.3) is 10.1 Å². The van der Waals surface area contributed by atoms with E-state index in [4.69, 9.17) is 0 Å². The first-order valence-electron chi connectivity index (χ1n) is 11.6. The number of hydrogen-bond acceptors (Lipinski definition) is 5. The van der Waals surface area contributed by atoms with Crippen LogP contribution in [0.2, 0.25) is 0 Å². The van der Waals surface area contributed by atoms with E-state index in [0.717, 1.165) is 21.2 Å². The molecule has 0 unspecified atom stereocenters. The van der Waals surface area contributed by atoms with Crippen molar-refractivity contribution in [2.45, 2.75) is 26.4 Å². The minimum absolute atomic E-state index is 0.00923. The number of aryl methyl sites for hydroxylation is 1. The summed E-state index contributed by atoms with van der Waals surface area (Å²) in [5.74, 6) is -0.467. The van der Waals surface area contributed by atoms with E-state index in [1.54, 1.807) is 0 Å². The van der Waals surface area contributed by atoms with Crippen LogP contribution in [0.4, 0.5) is 18.2 Å². The normalized spacial score (nSPS) is 12.3. The minimum Gasteiger partial charge on any atom is -0.406 e. The van der Waals surface area contributed by atoms with E-state index in [1.807, 2.05) is 73.5 Å². The van der Waals surface area contributed by atoms with Gasteiger partial charge in [-0.05, 0) is 54.2 Å². The van der Waals surface area contributed by atoms with E-state index in [1.165, 1.54) is 39.9 Å². The van der Waals surface area contributed by atoms with Crippen LogP contribution in [0.5, 0.6) is 5.75 Å². The third-order valence-electron chi connectivity index (χ3n) is 5.89. The average Bonchev–Trinajstić information content (AvgIpc) is 3.18. The first-order valence-corrected chi connectivity index (χ1v) is 14.0. The maximum atomic E-state index is 13.7. The van der Waals surface area contributed by atoms with Crippen LogP contribution >= 0.6 is 11.3 Å². The lowest BCUT2D eigenvalue weighted by Crippen LogP contribution is -2.36. The average molecular weight is 549 g/mol.